The zero-order chi connectivity index (χ0) is 10.8. The van der Waals surface area contributed by atoms with E-state index in [1.165, 1.54) is 0 Å². The van der Waals surface area contributed by atoms with Crippen LogP contribution in [0.5, 0.6) is 0 Å². The first-order valence-corrected chi connectivity index (χ1v) is 5.13. The van der Waals surface area contributed by atoms with Crippen LogP contribution in [-0.2, 0) is 5.88 Å². The van der Waals surface area contributed by atoms with E-state index in [1.807, 2.05) is 18.4 Å². The molecule has 0 saturated heterocycles. The summed E-state index contributed by atoms with van der Waals surface area (Å²) in [6, 6.07) is 0. The quantitative estimate of drug-likeness (QED) is 0.731. The highest BCUT2D eigenvalue weighted by molar-refractivity contribution is 6.16. The van der Waals surface area contributed by atoms with Gasteiger partial charge in [0.25, 0.3) is 0 Å². The minimum atomic E-state index is 0.369. The zero-order valence-electron chi connectivity index (χ0n) is 8.61. The van der Waals surface area contributed by atoms with E-state index in [9.17, 15) is 0 Å². The van der Waals surface area contributed by atoms with Crippen molar-refractivity contribution in [1.29, 1.82) is 0 Å². The van der Waals surface area contributed by atoms with Gasteiger partial charge in [-0.1, -0.05) is 0 Å². The van der Waals surface area contributed by atoms with Crippen LogP contribution in [0.25, 0.3) is 5.82 Å². The van der Waals surface area contributed by atoms with Crippen LogP contribution in [0.1, 0.15) is 17.1 Å². The summed E-state index contributed by atoms with van der Waals surface area (Å²) in [4.78, 5) is 12.7. The standard InChI is InChI=1S/C10H11ClN4/c1-7-8(2)15(6-13-7)10-5-12-4-9(3-11)14-10/h4-6H,3H2,1-2H3. The third-order valence-electron chi connectivity index (χ3n) is 2.31. The number of halogens is 1. The molecule has 2 rings (SSSR count). The first-order chi connectivity index (χ1) is 7.22. The molecule has 0 radical (unpaired) electrons. The summed E-state index contributed by atoms with van der Waals surface area (Å²) in [6.07, 6.45) is 5.10. The van der Waals surface area contributed by atoms with Gasteiger partial charge in [0.05, 0.1) is 23.5 Å². The molecule has 2 heterocycles. The second-order valence-electron chi connectivity index (χ2n) is 3.29. The largest absolute Gasteiger partial charge is 0.286 e. The Kier molecular flexibility index (Phi) is 2.68. The Bertz CT molecular complexity index is 478. The van der Waals surface area contributed by atoms with Crippen LogP contribution < -0.4 is 0 Å². The normalized spacial score (nSPS) is 10.6. The molecular weight excluding hydrogens is 212 g/mol. The molecular formula is C10H11ClN4. The van der Waals surface area contributed by atoms with Gasteiger partial charge in [-0.25, -0.2) is 9.97 Å². The first kappa shape index (κ1) is 10.1. The van der Waals surface area contributed by atoms with Crippen molar-refractivity contribution in [3.05, 3.63) is 35.8 Å². The van der Waals surface area contributed by atoms with E-state index in [1.54, 1.807) is 18.7 Å². The van der Waals surface area contributed by atoms with Crippen LogP contribution in [0.2, 0.25) is 0 Å². The Balaban J connectivity index is 2.49. The molecule has 2 aromatic heterocycles. The summed E-state index contributed by atoms with van der Waals surface area (Å²) in [5.74, 6) is 1.12. The molecule has 0 amide bonds. The number of imidazole rings is 1. The third kappa shape index (κ3) is 1.85. The van der Waals surface area contributed by atoms with Gasteiger partial charge in [0, 0.05) is 11.9 Å². The lowest BCUT2D eigenvalue weighted by Crippen LogP contribution is -2.01. The molecule has 0 aliphatic rings. The molecule has 0 bridgehead atoms. The average Bonchev–Trinajstić information content (AvgIpc) is 2.60. The summed E-state index contributed by atoms with van der Waals surface area (Å²) in [5.41, 5.74) is 2.82. The summed E-state index contributed by atoms with van der Waals surface area (Å²) in [6.45, 7) is 3.96. The number of nitrogens with zero attached hydrogens (tertiary/aromatic N) is 4. The molecule has 0 aromatic carbocycles. The van der Waals surface area contributed by atoms with Crippen molar-refractivity contribution in [1.82, 2.24) is 19.5 Å². The van der Waals surface area contributed by atoms with Gasteiger partial charge in [0.1, 0.15) is 6.33 Å². The van der Waals surface area contributed by atoms with Crippen LogP contribution in [-0.4, -0.2) is 19.5 Å². The van der Waals surface area contributed by atoms with E-state index in [2.05, 4.69) is 15.0 Å². The lowest BCUT2D eigenvalue weighted by Gasteiger charge is -2.04. The molecule has 0 saturated carbocycles. The highest BCUT2D eigenvalue weighted by atomic mass is 35.5. The van der Waals surface area contributed by atoms with Gasteiger partial charge in [0.2, 0.25) is 0 Å². The molecule has 0 aliphatic heterocycles. The predicted octanol–water partition coefficient (Wildman–Crippen LogP) is 2.02. The highest BCUT2D eigenvalue weighted by Gasteiger charge is 2.06. The molecule has 0 N–H and O–H groups in total. The molecule has 2 aromatic rings. The first-order valence-electron chi connectivity index (χ1n) is 4.60. The number of aryl methyl sites for hydroxylation is 1. The fourth-order valence-corrected chi connectivity index (χ4v) is 1.43. The summed E-state index contributed by atoms with van der Waals surface area (Å²) in [5, 5.41) is 0. The van der Waals surface area contributed by atoms with Crippen molar-refractivity contribution in [3.63, 3.8) is 0 Å². The Morgan fingerprint density at radius 3 is 2.73 bits per heavy atom. The summed E-state index contributed by atoms with van der Waals surface area (Å²) in [7, 11) is 0. The van der Waals surface area contributed by atoms with E-state index in [0.717, 1.165) is 22.9 Å². The molecule has 5 heteroatoms. The van der Waals surface area contributed by atoms with E-state index in [4.69, 9.17) is 11.6 Å². The number of aromatic nitrogens is 4. The minimum absolute atomic E-state index is 0.369. The van der Waals surface area contributed by atoms with E-state index < -0.39 is 0 Å². The van der Waals surface area contributed by atoms with Crippen LogP contribution >= 0.6 is 11.6 Å². The SMILES string of the molecule is Cc1ncn(-c2cncc(CCl)n2)c1C. The van der Waals surface area contributed by atoms with Gasteiger partial charge >= 0.3 is 0 Å². The van der Waals surface area contributed by atoms with Gasteiger partial charge in [-0.2, -0.15) is 0 Å². The van der Waals surface area contributed by atoms with E-state index in [-0.39, 0.29) is 0 Å². The molecule has 78 valence electrons. The second-order valence-corrected chi connectivity index (χ2v) is 3.55. The maximum atomic E-state index is 5.70. The maximum absolute atomic E-state index is 5.70. The molecule has 0 unspecified atom stereocenters. The van der Waals surface area contributed by atoms with E-state index >= 15 is 0 Å². The van der Waals surface area contributed by atoms with Gasteiger partial charge in [-0.3, -0.25) is 9.55 Å². The van der Waals surface area contributed by atoms with E-state index in [0.29, 0.717) is 5.88 Å². The summed E-state index contributed by atoms with van der Waals surface area (Å²) >= 11 is 5.70. The molecule has 0 fully saturated rings. The Labute approximate surface area is 93.0 Å². The highest BCUT2D eigenvalue weighted by Crippen LogP contribution is 2.11. The van der Waals surface area contributed by atoms with Crippen LogP contribution in [0.3, 0.4) is 0 Å². The zero-order valence-corrected chi connectivity index (χ0v) is 9.36. The van der Waals surface area contributed by atoms with Crippen molar-refractivity contribution in [2.75, 3.05) is 0 Å². The van der Waals surface area contributed by atoms with Gasteiger partial charge in [-0.15, -0.1) is 11.6 Å². The fourth-order valence-electron chi connectivity index (χ4n) is 1.30. The molecule has 0 atom stereocenters. The minimum Gasteiger partial charge on any atom is -0.286 e. The van der Waals surface area contributed by atoms with Crippen LogP contribution in [0.15, 0.2) is 18.7 Å². The molecule has 4 nitrogen and oxygen atoms in total. The summed E-state index contributed by atoms with van der Waals surface area (Å²) < 4.78 is 1.90. The fraction of sp³-hybridized carbons (Fsp3) is 0.300. The lowest BCUT2D eigenvalue weighted by molar-refractivity contribution is 0.914. The van der Waals surface area contributed by atoms with Crippen molar-refractivity contribution >= 4 is 11.6 Å². The molecule has 0 aliphatic carbocycles. The number of hydrogen-bond acceptors (Lipinski definition) is 3. The van der Waals surface area contributed by atoms with Crippen LogP contribution in [0.4, 0.5) is 0 Å². The molecule has 15 heavy (non-hydrogen) atoms. The van der Waals surface area contributed by atoms with Crippen molar-refractivity contribution in [2.45, 2.75) is 19.7 Å². The predicted molar refractivity (Wildman–Crippen MR) is 58.2 cm³/mol. The Morgan fingerprint density at radius 2 is 2.13 bits per heavy atom. The maximum Gasteiger partial charge on any atom is 0.156 e. The Hall–Kier alpha value is -1.42. The topological polar surface area (TPSA) is 43.6 Å². The second kappa shape index (κ2) is 3.98. The smallest absolute Gasteiger partial charge is 0.156 e. The van der Waals surface area contributed by atoms with Gasteiger partial charge in [-0.05, 0) is 13.8 Å². The number of alkyl halides is 1. The van der Waals surface area contributed by atoms with Gasteiger partial charge < -0.3 is 0 Å². The Morgan fingerprint density at radius 1 is 1.33 bits per heavy atom. The van der Waals surface area contributed by atoms with Crippen molar-refractivity contribution in [2.24, 2.45) is 0 Å². The van der Waals surface area contributed by atoms with Crippen LogP contribution in [0, 0.1) is 13.8 Å². The van der Waals surface area contributed by atoms with Gasteiger partial charge in [0.15, 0.2) is 5.82 Å². The third-order valence-corrected chi connectivity index (χ3v) is 2.58. The van der Waals surface area contributed by atoms with Crippen molar-refractivity contribution in [3.8, 4) is 5.82 Å². The monoisotopic (exact) mass is 222 g/mol. The van der Waals surface area contributed by atoms with Crippen molar-refractivity contribution < 1.29 is 0 Å². The number of hydrogen-bond donors (Lipinski definition) is 0. The lowest BCUT2D eigenvalue weighted by atomic mass is 10.4. The number of rotatable bonds is 2. The average molecular weight is 223 g/mol. The molecule has 0 spiro atoms.